The Kier molecular flexibility index (Phi) is 7.10. The maximum Gasteiger partial charge on any atom is 0.137 e. The van der Waals surface area contributed by atoms with Gasteiger partial charge in [0.25, 0.3) is 0 Å². The molecule has 0 aromatic carbocycles. The van der Waals surface area contributed by atoms with Crippen molar-refractivity contribution in [2.75, 3.05) is 23.9 Å². The molecule has 1 rings (SSSR count). The summed E-state index contributed by atoms with van der Waals surface area (Å²) in [7, 11) is 0. The number of aromatic nitrogens is 2. The van der Waals surface area contributed by atoms with Gasteiger partial charge in [0.1, 0.15) is 16.8 Å². The Bertz CT molecular complexity index is 430. The third kappa shape index (κ3) is 5.49. The molecule has 0 spiro atoms. The van der Waals surface area contributed by atoms with Crippen LogP contribution in [0.4, 0.5) is 5.82 Å². The van der Waals surface area contributed by atoms with Crippen molar-refractivity contribution in [2.45, 2.75) is 52.4 Å². The Morgan fingerprint density at radius 3 is 2.45 bits per heavy atom. The summed E-state index contributed by atoms with van der Waals surface area (Å²) < 4.78 is 0. The first-order valence-electron chi connectivity index (χ1n) is 7.13. The smallest absolute Gasteiger partial charge is 0.137 e. The van der Waals surface area contributed by atoms with Gasteiger partial charge in [-0.1, -0.05) is 38.8 Å². The topological polar surface area (TPSA) is 37.8 Å². The van der Waals surface area contributed by atoms with E-state index < -0.39 is 0 Å². The maximum absolute atomic E-state index is 6.21. The third-order valence-electron chi connectivity index (χ3n) is 3.07. The normalized spacial score (nSPS) is 11.7. The second kappa shape index (κ2) is 8.08. The van der Waals surface area contributed by atoms with Crippen molar-refractivity contribution >= 4 is 29.2 Å². The molecule has 5 heteroatoms. The molecule has 1 N–H and O–H groups in total. The zero-order valence-corrected chi connectivity index (χ0v) is 14.8. The molecular formula is C15H26ClN3S. The van der Waals surface area contributed by atoms with E-state index in [4.69, 9.17) is 11.6 Å². The second-order valence-corrected chi connectivity index (χ2v) is 7.39. The first-order valence-corrected chi connectivity index (χ1v) is 8.91. The van der Waals surface area contributed by atoms with E-state index in [1.807, 2.05) is 18.7 Å². The fourth-order valence-electron chi connectivity index (χ4n) is 1.75. The number of nitrogens with one attached hydrogen (secondary N) is 1. The molecule has 0 atom stereocenters. The van der Waals surface area contributed by atoms with Crippen LogP contribution in [0.25, 0.3) is 0 Å². The van der Waals surface area contributed by atoms with Gasteiger partial charge in [0, 0.05) is 17.5 Å². The average Bonchev–Trinajstić information content (AvgIpc) is 2.37. The summed E-state index contributed by atoms with van der Waals surface area (Å²) in [5.74, 6) is 2.91. The van der Waals surface area contributed by atoms with Gasteiger partial charge in [0.15, 0.2) is 0 Å². The molecule has 0 unspecified atom stereocenters. The molecule has 3 nitrogen and oxygen atoms in total. The first-order chi connectivity index (χ1) is 9.36. The third-order valence-corrected chi connectivity index (χ3v) is 4.14. The number of nitrogens with zero attached hydrogens (tertiary/aromatic N) is 2. The van der Waals surface area contributed by atoms with E-state index in [2.05, 4.69) is 42.3 Å². The van der Waals surface area contributed by atoms with Crippen molar-refractivity contribution in [1.82, 2.24) is 9.97 Å². The van der Waals surface area contributed by atoms with E-state index in [1.165, 1.54) is 18.6 Å². The van der Waals surface area contributed by atoms with Crippen LogP contribution in [0.5, 0.6) is 0 Å². The molecule has 0 radical (unpaired) electrons. The number of anilines is 1. The fourth-order valence-corrected chi connectivity index (χ4v) is 2.41. The van der Waals surface area contributed by atoms with Gasteiger partial charge in [-0.05, 0) is 31.8 Å². The molecule has 0 saturated carbocycles. The van der Waals surface area contributed by atoms with Gasteiger partial charge in [-0.25, -0.2) is 9.97 Å². The van der Waals surface area contributed by atoms with Crippen molar-refractivity contribution in [3.05, 3.63) is 16.5 Å². The molecule has 1 heterocycles. The van der Waals surface area contributed by atoms with Crippen LogP contribution < -0.4 is 5.32 Å². The van der Waals surface area contributed by atoms with Crippen LogP contribution >= 0.6 is 23.4 Å². The highest BCUT2D eigenvalue weighted by molar-refractivity contribution is 7.98. The van der Waals surface area contributed by atoms with Crippen LogP contribution in [0, 0.1) is 6.92 Å². The molecule has 0 aliphatic rings. The largest absolute Gasteiger partial charge is 0.370 e. The van der Waals surface area contributed by atoms with Crippen molar-refractivity contribution in [2.24, 2.45) is 0 Å². The lowest BCUT2D eigenvalue weighted by Gasteiger charge is -2.19. The van der Waals surface area contributed by atoms with Crippen LogP contribution in [-0.2, 0) is 5.41 Å². The van der Waals surface area contributed by atoms with Crippen LogP contribution in [0.15, 0.2) is 0 Å². The highest BCUT2D eigenvalue weighted by Crippen LogP contribution is 2.26. The maximum atomic E-state index is 6.21. The number of hydrogen-bond donors (Lipinski definition) is 1. The highest BCUT2D eigenvalue weighted by atomic mass is 35.5. The first kappa shape index (κ1) is 17.6. The van der Waals surface area contributed by atoms with E-state index in [9.17, 15) is 0 Å². The lowest BCUT2D eigenvalue weighted by molar-refractivity contribution is 0.545. The zero-order valence-electron chi connectivity index (χ0n) is 13.2. The summed E-state index contributed by atoms with van der Waals surface area (Å²) in [4.78, 5) is 9.01. The second-order valence-electron chi connectivity index (χ2n) is 6.04. The molecule has 0 fully saturated rings. The van der Waals surface area contributed by atoms with E-state index in [0.29, 0.717) is 5.15 Å². The molecule has 0 saturated heterocycles. The van der Waals surface area contributed by atoms with Gasteiger partial charge in [-0.3, -0.25) is 0 Å². The zero-order chi connectivity index (χ0) is 15.2. The van der Waals surface area contributed by atoms with Gasteiger partial charge >= 0.3 is 0 Å². The Morgan fingerprint density at radius 2 is 1.85 bits per heavy atom. The van der Waals surface area contributed by atoms with Gasteiger partial charge < -0.3 is 5.32 Å². The number of thioether (sulfide) groups is 1. The fraction of sp³-hybridized carbons (Fsp3) is 0.733. The van der Waals surface area contributed by atoms with Gasteiger partial charge in [-0.2, -0.15) is 11.8 Å². The number of halogens is 1. The molecule has 114 valence electrons. The monoisotopic (exact) mass is 315 g/mol. The SMILES string of the molecule is CSCCCCCNc1nc(C(C)(C)C)nc(Cl)c1C. The molecule has 20 heavy (non-hydrogen) atoms. The van der Waals surface area contributed by atoms with Crippen LogP contribution in [0.2, 0.25) is 5.15 Å². The average molecular weight is 316 g/mol. The molecule has 0 bridgehead atoms. The summed E-state index contributed by atoms with van der Waals surface area (Å²) in [6.07, 6.45) is 5.84. The summed E-state index contributed by atoms with van der Waals surface area (Å²) in [6, 6.07) is 0. The summed E-state index contributed by atoms with van der Waals surface area (Å²) in [5, 5.41) is 3.95. The van der Waals surface area contributed by atoms with E-state index in [-0.39, 0.29) is 5.41 Å². The minimum atomic E-state index is -0.0912. The summed E-state index contributed by atoms with van der Waals surface area (Å²) in [6.45, 7) is 9.19. The van der Waals surface area contributed by atoms with Gasteiger partial charge in [-0.15, -0.1) is 0 Å². The van der Waals surface area contributed by atoms with Crippen LogP contribution in [-0.4, -0.2) is 28.5 Å². The molecular weight excluding hydrogens is 290 g/mol. The molecule has 0 aliphatic carbocycles. The van der Waals surface area contributed by atoms with Crippen LogP contribution in [0.1, 0.15) is 51.4 Å². The quantitative estimate of drug-likeness (QED) is 0.585. The summed E-state index contributed by atoms with van der Waals surface area (Å²) in [5.41, 5.74) is 0.843. The highest BCUT2D eigenvalue weighted by Gasteiger charge is 2.20. The van der Waals surface area contributed by atoms with Gasteiger partial charge in [0.05, 0.1) is 0 Å². The Hall–Kier alpha value is -0.480. The molecule has 0 aliphatic heterocycles. The standard InChI is InChI=1S/C15H26ClN3S/c1-11-12(16)18-14(15(2,3)4)19-13(11)17-9-7-6-8-10-20-5/h6-10H2,1-5H3,(H,17,18,19). The predicted molar refractivity (Wildman–Crippen MR) is 91.2 cm³/mol. The number of unbranched alkanes of at least 4 members (excludes halogenated alkanes) is 2. The Morgan fingerprint density at radius 1 is 1.15 bits per heavy atom. The van der Waals surface area contributed by atoms with Crippen molar-refractivity contribution in [3.8, 4) is 0 Å². The molecule has 1 aromatic rings. The minimum Gasteiger partial charge on any atom is -0.370 e. The minimum absolute atomic E-state index is 0.0912. The van der Waals surface area contributed by atoms with Crippen molar-refractivity contribution in [3.63, 3.8) is 0 Å². The lowest BCUT2D eigenvalue weighted by Crippen LogP contribution is -2.18. The Labute approximate surface area is 132 Å². The molecule has 0 amide bonds. The van der Waals surface area contributed by atoms with Crippen molar-refractivity contribution in [1.29, 1.82) is 0 Å². The van der Waals surface area contributed by atoms with E-state index in [1.54, 1.807) is 0 Å². The Balaban J connectivity index is 2.63. The van der Waals surface area contributed by atoms with E-state index in [0.717, 1.165) is 30.2 Å². The summed E-state index contributed by atoms with van der Waals surface area (Å²) >= 11 is 8.12. The lowest BCUT2D eigenvalue weighted by atomic mass is 9.95. The molecule has 1 aromatic heterocycles. The number of hydrogen-bond acceptors (Lipinski definition) is 4. The van der Waals surface area contributed by atoms with Crippen molar-refractivity contribution < 1.29 is 0 Å². The van der Waals surface area contributed by atoms with Gasteiger partial charge in [0.2, 0.25) is 0 Å². The number of rotatable bonds is 7. The van der Waals surface area contributed by atoms with E-state index >= 15 is 0 Å². The predicted octanol–water partition coefficient (Wildman–Crippen LogP) is 4.68. The van der Waals surface area contributed by atoms with Crippen LogP contribution in [0.3, 0.4) is 0 Å².